The van der Waals surface area contributed by atoms with Gasteiger partial charge in [-0.1, -0.05) is 189 Å². The number of hydrogen-bond acceptors (Lipinski definition) is 8. The van der Waals surface area contributed by atoms with E-state index in [9.17, 15) is 0 Å². The minimum atomic E-state index is 0.385. The first kappa shape index (κ1) is 52.6. The lowest BCUT2D eigenvalue weighted by Crippen LogP contribution is -2.14. The third kappa shape index (κ3) is 16.7. The second-order valence-corrected chi connectivity index (χ2v) is 19.0. The summed E-state index contributed by atoms with van der Waals surface area (Å²) in [6.07, 6.45) is 22.6. The van der Waals surface area contributed by atoms with E-state index < -0.39 is 0 Å². The molecule has 2 aliphatic heterocycles. The van der Waals surface area contributed by atoms with Crippen molar-refractivity contribution >= 4 is 0 Å². The molecule has 0 unspecified atom stereocenters. The fourth-order valence-electron chi connectivity index (χ4n) is 9.77. The van der Waals surface area contributed by atoms with E-state index in [0.29, 0.717) is 103 Å². The van der Waals surface area contributed by atoms with Gasteiger partial charge in [0.1, 0.15) is 49.4 Å². The van der Waals surface area contributed by atoms with E-state index >= 15 is 0 Å². The summed E-state index contributed by atoms with van der Waals surface area (Å²) in [6, 6.07) is 34.3. The van der Waals surface area contributed by atoms with Crippen LogP contribution in [0.1, 0.15) is 161 Å². The lowest BCUT2D eigenvalue weighted by molar-refractivity contribution is 0.0695. The van der Waals surface area contributed by atoms with Crippen LogP contribution in [0.2, 0.25) is 0 Å². The van der Waals surface area contributed by atoms with Crippen LogP contribution in [0.15, 0.2) is 97.1 Å². The Morgan fingerprint density at radius 2 is 0.614 bits per heavy atom. The molecule has 2 heterocycles. The van der Waals surface area contributed by atoms with E-state index in [1.165, 1.54) is 89.9 Å². The highest BCUT2D eigenvalue weighted by Crippen LogP contribution is 2.39. The molecule has 8 heteroatoms. The molecule has 70 heavy (non-hydrogen) atoms. The Morgan fingerprint density at radius 3 is 0.957 bits per heavy atom. The minimum absolute atomic E-state index is 0.385. The molecule has 378 valence electrons. The summed E-state index contributed by atoms with van der Waals surface area (Å²) in [5.74, 6) is 5.08. The smallest absolute Gasteiger partial charge is 0.161 e. The number of fused-ring (bicyclic) bond motifs is 12. The van der Waals surface area contributed by atoms with Gasteiger partial charge >= 0.3 is 0 Å². The molecule has 0 fully saturated rings. The van der Waals surface area contributed by atoms with Gasteiger partial charge in [-0.2, -0.15) is 0 Å². The van der Waals surface area contributed by atoms with Gasteiger partial charge in [0.25, 0.3) is 0 Å². The number of rotatable bonds is 20. The van der Waals surface area contributed by atoms with Crippen LogP contribution in [0.3, 0.4) is 0 Å². The topological polar surface area (TPSA) is 73.8 Å². The Balaban J connectivity index is 1.23. The summed E-state index contributed by atoms with van der Waals surface area (Å²) in [7, 11) is 0. The molecule has 0 N–H and O–H groups in total. The van der Waals surface area contributed by atoms with Crippen molar-refractivity contribution in [1.29, 1.82) is 0 Å². The van der Waals surface area contributed by atoms with Gasteiger partial charge in [-0.15, -0.1) is 0 Å². The highest BCUT2D eigenvalue weighted by molar-refractivity contribution is 5.56. The van der Waals surface area contributed by atoms with E-state index in [-0.39, 0.29) is 0 Å². The average molecular weight is 955 g/mol. The number of para-hydroxylation sites is 6. The number of ether oxygens (including phenoxy) is 8. The fourth-order valence-corrected chi connectivity index (χ4v) is 9.77. The van der Waals surface area contributed by atoms with Gasteiger partial charge in [0, 0.05) is 25.7 Å². The lowest BCUT2D eigenvalue weighted by Gasteiger charge is -2.23. The van der Waals surface area contributed by atoms with Crippen molar-refractivity contribution in [3.8, 4) is 34.5 Å². The second kappa shape index (κ2) is 30.5. The third-order valence-electron chi connectivity index (χ3n) is 13.5. The molecule has 5 aromatic carbocycles. The quantitative estimate of drug-likeness (QED) is 0.0553. The van der Waals surface area contributed by atoms with Crippen LogP contribution in [0.4, 0.5) is 0 Å². The van der Waals surface area contributed by atoms with Crippen LogP contribution in [0.5, 0.6) is 34.5 Å². The molecule has 1 aliphatic carbocycles. The van der Waals surface area contributed by atoms with Gasteiger partial charge < -0.3 is 37.9 Å². The summed E-state index contributed by atoms with van der Waals surface area (Å²) in [5, 5.41) is 0. The van der Waals surface area contributed by atoms with Gasteiger partial charge in [0.2, 0.25) is 0 Å². The Labute approximate surface area is 420 Å². The standard InChI is InChI=1S/C62H82O8/c1-3-5-7-9-11-13-15-19-35-67-59-49-25-21-26-50(59)46-54-30-24-32-56-48-52-28-22-27-51(60(52)68-36-20-16-14-12-10-8-6-4-2)47-55-31-23-29-53(45-49)61(55)69-43-39-63-37-41-65-57-33-17-18-34-58(57)66-42-38-64-40-44-70-62(54)56/h17-18,21-34H,3-16,19-20,35-48H2,1-2H3. The summed E-state index contributed by atoms with van der Waals surface area (Å²) in [6.45, 7) is 9.13. The Morgan fingerprint density at radius 1 is 0.314 bits per heavy atom. The molecule has 10 bridgehead atoms. The molecular formula is C62H82O8. The zero-order chi connectivity index (χ0) is 48.3. The van der Waals surface area contributed by atoms with Gasteiger partial charge in [-0.25, -0.2) is 0 Å². The minimum Gasteiger partial charge on any atom is -0.493 e. The maximum atomic E-state index is 6.95. The van der Waals surface area contributed by atoms with Crippen molar-refractivity contribution in [2.24, 2.45) is 0 Å². The Bertz CT molecular complexity index is 2030. The normalized spacial score (nSPS) is 14.5. The van der Waals surface area contributed by atoms with Crippen molar-refractivity contribution in [3.63, 3.8) is 0 Å². The second-order valence-electron chi connectivity index (χ2n) is 19.0. The molecule has 5 aromatic rings. The van der Waals surface area contributed by atoms with E-state index in [1.807, 2.05) is 24.3 Å². The van der Waals surface area contributed by atoms with E-state index in [0.717, 1.165) is 80.3 Å². The molecule has 0 saturated heterocycles. The molecule has 0 radical (unpaired) electrons. The predicted molar refractivity (Wildman–Crippen MR) is 283 cm³/mol. The Kier molecular flexibility index (Phi) is 23.0. The highest BCUT2D eigenvalue weighted by atomic mass is 16.6. The first-order valence-electron chi connectivity index (χ1n) is 27.2. The van der Waals surface area contributed by atoms with Gasteiger partial charge in [0.05, 0.1) is 39.6 Å². The van der Waals surface area contributed by atoms with Crippen molar-refractivity contribution in [2.45, 2.75) is 142 Å². The van der Waals surface area contributed by atoms with Crippen LogP contribution in [0, 0.1) is 0 Å². The number of hydrogen-bond donors (Lipinski definition) is 0. The highest BCUT2D eigenvalue weighted by Gasteiger charge is 2.22. The van der Waals surface area contributed by atoms with Gasteiger partial charge in [-0.05, 0) is 69.5 Å². The zero-order valence-electron chi connectivity index (χ0n) is 42.7. The first-order valence-corrected chi connectivity index (χ1v) is 27.2. The van der Waals surface area contributed by atoms with Crippen molar-refractivity contribution < 1.29 is 37.9 Å². The molecule has 3 aliphatic rings. The molecule has 0 atom stereocenters. The van der Waals surface area contributed by atoms with Crippen molar-refractivity contribution in [3.05, 3.63) is 142 Å². The van der Waals surface area contributed by atoms with Gasteiger partial charge in [0.15, 0.2) is 11.5 Å². The molecule has 0 spiro atoms. The molecule has 8 nitrogen and oxygen atoms in total. The number of benzene rings is 5. The third-order valence-corrected chi connectivity index (χ3v) is 13.5. The lowest BCUT2D eigenvalue weighted by atomic mass is 9.91. The molecule has 0 saturated carbocycles. The van der Waals surface area contributed by atoms with E-state index in [2.05, 4.69) is 86.6 Å². The maximum absolute atomic E-state index is 6.95. The van der Waals surface area contributed by atoms with Crippen molar-refractivity contribution in [1.82, 2.24) is 0 Å². The summed E-state index contributed by atoms with van der Waals surface area (Å²) >= 11 is 0. The van der Waals surface area contributed by atoms with Crippen LogP contribution < -0.4 is 28.4 Å². The Hall–Kier alpha value is -5.18. The maximum Gasteiger partial charge on any atom is 0.161 e. The monoisotopic (exact) mass is 955 g/mol. The predicted octanol–water partition coefficient (Wildman–Crippen LogP) is 14.7. The first-order chi connectivity index (χ1) is 34.7. The average Bonchev–Trinajstić information content (AvgIpc) is 3.37. The molecule has 0 amide bonds. The van der Waals surface area contributed by atoms with Crippen LogP contribution in [-0.4, -0.2) is 66.1 Å². The number of unbranched alkanes of at least 4 members (excludes halogenated alkanes) is 14. The SMILES string of the molecule is CCCCCCCCCCOc1c2cccc1Cc1cccc3c1OCCOCCOc1ccccc1OCCOCCOc1c(cccc1Cc1cccc(c1OCCCCCCCCCC)C3)C2. The largest absolute Gasteiger partial charge is 0.493 e. The van der Waals surface area contributed by atoms with Crippen LogP contribution >= 0.6 is 0 Å². The molecule has 8 rings (SSSR count). The molecule has 0 aromatic heterocycles. The summed E-state index contributed by atoms with van der Waals surface area (Å²) < 4.78 is 52.2. The zero-order valence-corrected chi connectivity index (χ0v) is 42.7. The summed E-state index contributed by atoms with van der Waals surface area (Å²) in [5.41, 5.74) is 9.07. The van der Waals surface area contributed by atoms with Gasteiger partial charge in [-0.3, -0.25) is 0 Å². The van der Waals surface area contributed by atoms with Crippen LogP contribution in [0.25, 0.3) is 0 Å². The fraction of sp³-hybridized carbons (Fsp3) is 0.516. The van der Waals surface area contributed by atoms with E-state index in [1.54, 1.807) is 0 Å². The molecular weight excluding hydrogens is 873 g/mol. The van der Waals surface area contributed by atoms with Crippen LogP contribution in [-0.2, 0) is 35.2 Å². The van der Waals surface area contributed by atoms with E-state index in [4.69, 9.17) is 37.9 Å². The van der Waals surface area contributed by atoms with Crippen molar-refractivity contribution in [2.75, 3.05) is 66.1 Å². The summed E-state index contributed by atoms with van der Waals surface area (Å²) in [4.78, 5) is 0.